The van der Waals surface area contributed by atoms with Gasteiger partial charge in [-0.05, 0) is 33.3 Å². The largest absolute Gasteiger partial charge is 0.394 e. The SMILES string of the molecule is CCC(C)(CO)NC(=O)c1cc(C)sc1C. The fraction of sp³-hybridized carbons (Fsp3) is 0.583. The van der Waals surface area contributed by atoms with Crippen molar-refractivity contribution in [3.8, 4) is 0 Å². The lowest BCUT2D eigenvalue weighted by Crippen LogP contribution is -2.48. The lowest BCUT2D eigenvalue weighted by atomic mass is 9.99. The lowest BCUT2D eigenvalue weighted by Gasteiger charge is -2.27. The van der Waals surface area contributed by atoms with Gasteiger partial charge in [0.05, 0.1) is 17.7 Å². The molecule has 0 saturated heterocycles. The molecule has 1 unspecified atom stereocenters. The summed E-state index contributed by atoms with van der Waals surface area (Å²) in [5, 5.41) is 12.1. The summed E-state index contributed by atoms with van der Waals surface area (Å²) in [6.07, 6.45) is 0.706. The predicted octanol–water partition coefficient (Wildman–Crippen LogP) is 2.26. The van der Waals surface area contributed by atoms with Gasteiger partial charge in [-0.1, -0.05) is 6.92 Å². The van der Waals surface area contributed by atoms with Gasteiger partial charge in [0.15, 0.2) is 0 Å². The van der Waals surface area contributed by atoms with Crippen molar-refractivity contribution in [2.45, 2.75) is 39.7 Å². The number of carbonyl (C=O) groups is 1. The number of nitrogens with one attached hydrogen (secondary N) is 1. The van der Waals surface area contributed by atoms with E-state index in [1.165, 1.54) is 0 Å². The Morgan fingerprint density at radius 2 is 2.19 bits per heavy atom. The van der Waals surface area contributed by atoms with Crippen LogP contribution in [0.4, 0.5) is 0 Å². The Balaban J connectivity index is 2.84. The van der Waals surface area contributed by atoms with E-state index in [1.54, 1.807) is 11.3 Å². The van der Waals surface area contributed by atoms with Crippen LogP contribution in [0.1, 0.15) is 40.4 Å². The summed E-state index contributed by atoms with van der Waals surface area (Å²) < 4.78 is 0. The zero-order valence-corrected chi connectivity index (χ0v) is 11.1. The highest BCUT2D eigenvalue weighted by Crippen LogP contribution is 2.21. The molecule has 0 fully saturated rings. The van der Waals surface area contributed by atoms with Gasteiger partial charge in [-0.15, -0.1) is 11.3 Å². The van der Waals surface area contributed by atoms with Crippen molar-refractivity contribution in [1.29, 1.82) is 0 Å². The number of hydrogen-bond donors (Lipinski definition) is 2. The number of carbonyl (C=O) groups excluding carboxylic acids is 1. The van der Waals surface area contributed by atoms with Crippen molar-refractivity contribution >= 4 is 17.2 Å². The number of aryl methyl sites for hydroxylation is 2. The maximum Gasteiger partial charge on any atom is 0.252 e. The molecule has 90 valence electrons. The van der Waals surface area contributed by atoms with Gasteiger partial charge in [-0.2, -0.15) is 0 Å². The summed E-state index contributed by atoms with van der Waals surface area (Å²) in [5.41, 5.74) is 0.190. The summed E-state index contributed by atoms with van der Waals surface area (Å²) in [5.74, 6) is -0.0970. The minimum atomic E-state index is -0.528. The first-order valence-corrected chi connectivity index (χ1v) is 6.24. The Morgan fingerprint density at radius 1 is 1.56 bits per heavy atom. The first kappa shape index (κ1) is 13.2. The maximum absolute atomic E-state index is 12.0. The molecule has 1 amide bonds. The molecule has 0 bridgehead atoms. The second kappa shape index (κ2) is 4.97. The van der Waals surface area contributed by atoms with Crippen molar-refractivity contribution in [2.75, 3.05) is 6.61 Å². The fourth-order valence-electron chi connectivity index (χ4n) is 1.44. The average molecular weight is 241 g/mol. The van der Waals surface area contributed by atoms with E-state index in [1.807, 2.05) is 33.8 Å². The quantitative estimate of drug-likeness (QED) is 0.849. The molecular weight excluding hydrogens is 222 g/mol. The van der Waals surface area contributed by atoms with E-state index in [4.69, 9.17) is 0 Å². The van der Waals surface area contributed by atoms with Gasteiger partial charge in [-0.25, -0.2) is 0 Å². The van der Waals surface area contributed by atoms with Gasteiger partial charge in [-0.3, -0.25) is 4.79 Å². The molecule has 1 atom stereocenters. The minimum absolute atomic E-state index is 0.0442. The molecule has 0 aliphatic rings. The van der Waals surface area contributed by atoms with E-state index in [-0.39, 0.29) is 12.5 Å². The number of aliphatic hydroxyl groups excluding tert-OH is 1. The van der Waals surface area contributed by atoms with Gasteiger partial charge in [0.25, 0.3) is 5.91 Å². The highest BCUT2D eigenvalue weighted by molar-refractivity contribution is 7.12. The Kier molecular flexibility index (Phi) is 4.10. The van der Waals surface area contributed by atoms with E-state index in [2.05, 4.69) is 5.32 Å². The fourth-order valence-corrected chi connectivity index (χ4v) is 2.36. The molecule has 2 N–H and O–H groups in total. The summed E-state index contributed by atoms with van der Waals surface area (Å²) >= 11 is 1.62. The number of rotatable bonds is 4. The monoisotopic (exact) mass is 241 g/mol. The predicted molar refractivity (Wildman–Crippen MR) is 67.0 cm³/mol. The highest BCUT2D eigenvalue weighted by atomic mass is 32.1. The molecule has 0 aromatic carbocycles. The number of hydrogen-bond acceptors (Lipinski definition) is 3. The van der Waals surface area contributed by atoms with Crippen LogP contribution < -0.4 is 5.32 Å². The zero-order valence-electron chi connectivity index (χ0n) is 10.3. The Hall–Kier alpha value is -0.870. The van der Waals surface area contributed by atoms with Crippen LogP contribution in [0.3, 0.4) is 0 Å². The second-order valence-corrected chi connectivity index (χ2v) is 5.81. The molecule has 1 aromatic heterocycles. The standard InChI is InChI=1S/C12H19NO2S/c1-5-12(4,7-14)13-11(15)10-6-8(2)16-9(10)3/h6,14H,5,7H2,1-4H3,(H,13,15). The van der Waals surface area contributed by atoms with Crippen LogP contribution in [0.2, 0.25) is 0 Å². The normalized spacial score (nSPS) is 14.6. The van der Waals surface area contributed by atoms with Crippen LogP contribution in [-0.2, 0) is 0 Å². The molecule has 4 heteroatoms. The molecule has 16 heavy (non-hydrogen) atoms. The van der Waals surface area contributed by atoms with E-state index < -0.39 is 5.54 Å². The van der Waals surface area contributed by atoms with Crippen molar-refractivity contribution in [1.82, 2.24) is 5.32 Å². The third-order valence-electron chi connectivity index (χ3n) is 2.83. The van der Waals surface area contributed by atoms with Crippen LogP contribution >= 0.6 is 11.3 Å². The van der Waals surface area contributed by atoms with Gasteiger partial charge in [0.2, 0.25) is 0 Å². The van der Waals surface area contributed by atoms with Crippen LogP contribution in [0, 0.1) is 13.8 Å². The van der Waals surface area contributed by atoms with Crippen LogP contribution in [0.5, 0.6) is 0 Å². The summed E-state index contributed by atoms with van der Waals surface area (Å²) in [7, 11) is 0. The summed E-state index contributed by atoms with van der Waals surface area (Å²) in [6, 6.07) is 1.89. The Labute approximate surface area is 100 Å². The minimum Gasteiger partial charge on any atom is -0.394 e. The van der Waals surface area contributed by atoms with Crippen molar-refractivity contribution in [3.05, 3.63) is 21.4 Å². The highest BCUT2D eigenvalue weighted by Gasteiger charge is 2.24. The summed E-state index contributed by atoms with van der Waals surface area (Å²) in [4.78, 5) is 14.1. The van der Waals surface area contributed by atoms with Gasteiger partial charge < -0.3 is 10.4 Å². The molecule has 0 spiro atoms. The molecule has 1 aromatic rings. The molecule has 3 nitrogen and oxygen atoms in total. The van der Waals surface area contributed by atoms with Crippen LogP contribution in [0.15, 0.2) is 6.07 Å². The van der Waals surface area contributed by atoms with Gasteiger partial charge in [0.1, 0.15) is 0 Å². The van der Waals surface area contributed by atoms with Crippen LogP contribution in [-0.4, -0.2) is 23.2 Å². The lowest BCUT2D eigenvalue weighted by molar-refractivity contribution is 0.0847. The van der Waals surface area contributed by atoms with Crippen LogP contribution in [0.25, 0.3) is 0 Å². The third kappa shape index (κ3) is 2.83. The Bertz CT molecular complexity index is 380. The maximum atomic E-state index is 12.0. The first-order valence-electron chi connectivity index (χ1n) is 5.42. The number of aliphatic hydroxyl groups is 1. The van der Waals surface area contributed by atoms with Crippen molar-refractivity contribution in [2.24, 2.45) is 0 Å². The second-order valence-electron chi connectivity index (χ2n) is 4.35. The molecule has 0 aliphatic heterocycles. The first-order chi connectivity index (χ1) is 7.41. The summed E-state index contributed by atoms with van der Waals surface area (Å²) in [6.45, 7) is 7.67. The zero-order chi connectivity index (χ0) is 12.3. The molecule has 0 saturated carbocycles. The van der Waals surface area contributed by atoms with E-state index in [0.717, 1.165) is 15.3 Å². The third-order valence-corrected chi connectivity index (χ3v) is 3.80. The number of amides is 1. The topological polar surface area (TPSA) is 49.3 Å². The molecular formula is C12H19NO2S. The van der Waals surface area contributed by atoms with Crippen molar-refractivity contribution < 1.29 is 9.90 Å². The molecule has 1 heterocycles. The van der Waals surface area contributed by atoms with Gasteiger partial charge >= 0.3 is 0 Å². The molecule has 0 aliphatic carbocycles. The molecule has 0 radical (unpaired) electrons. The van der Waals surface area contributed by atoms with E-state index >= 15 is 0 Å². The number of thiophene rings is 1. The van der Waals surface area contributed by atoms with E-state index in [9.17, 15) is 9.90 Å². The Morgan fingerprint density at radius 3 is 2.56 bits per heavy atom. The van der Waals surface area contributed by atoms with Gasteiger partial charge in [0, 0.05) is 9.75 Å². The van der Waals surface area contributed by atoms with Crippen molar-refractivity contribution in [3.63, 3.8) is 0 Å². The van der Waals surface area contributed by atoms with E-state index in [0.29, 0.717) is 6.42 Å². The molecule has 1 rings (SSSR count). The average Bonchev–Trinajstić information content (AvgIpc) is 2.57. The smallest absolute Gasteiger partial charge is 0.252 e.